The van der Waals surface area contributed by atoms with Gasteiger partial charge in [0.15, 0.2) is 0 Å². The van der Waals surface area contributed by atoms with Crippen LogP contribution in [-0.4, -0.2) is 62.7 Å². The lowest BCUT2D eigenvalue weighted by molar-refractivity contribution is 0.0921. The van der Waals surface area contributed by atoms with E-state index in [0.717, 1.165) is 5.01 Å². The van der Waals surface area contributed by atoms with E-state index in [0.29, 0.717) is 18.9 Å². The fourth-order valence-electron chi connectivity index (χ4n) is 2.05. The van der Waals surface area contributed by atoms with Gasteiger partial charge in [0.2, 0.25) is 10.0 Å². The van der Waals surface area contributed by atoms with E-state index in [2.05, 4.69) is 10.3 Å². The van der Waals surface area contributed by atoms with Crippen LogP contribution in [0, 0.1) is 12.8 Å². The molecule has 1 aliphatic rings. The van der Waals surface area contributed by atoms with E-state index in [1.165, 1.54) is 29.7 Å². The first kappa shape index (κ1) is 16.3. The number of aryl methyl sites for hydroxylation is 1. The minimum atomic E-state index is -3.32. The van der Waals surface area contributed by atoms with E-state index in [1.807, 2.05) is 6.92 Å². The van der Waals surface area contributed by atoms with Crippen molar-refractivity contribution in [3.63, 3.8) is 0 Å². The van der Waals surface area contributed by atoms with Gasteiger partial charge in [-0.3, -0.25) is 4.79 Å². The third-order valence-corrected chi connectivity index (χ3v) is 6.08. The highest BCUT2D eigenvalue weighted by Crippen LogP contribution is 2.18. The summed E-state index contributed by atoms with van der Waals surface area (Å²) in [5.41, 5.74) is 0.360. The minimum absolute atomic E-state index is 0.0406. The molecule has 0 bridgehead atoms. The first-order valence-corrected chi connectivity index (χ1v) is 8.99. The predicted molar refractivity (Wildman–Crippen MR) is 79.9 cm³/mol. The molecule has 1 aromatic heterocycles. The molecule has 1 fully saturated rings. The Morgan fingerprint density at radius 2 is 2.24 bits per heavy atom. The molecular formula is C12H19N3O4S2. The predicted octanol–water partition coefficient (Wildman–Crippen LogP) is 0.0877. The Bertz CT molecular complexity index is 612. The first-order chi connectivity index (χ1) is 9.79. The van der Waals surface area contributed by atoms with Crippen molar-refractivity contribution in [3.8, 4) is 0 Å². The Morgan fingerprint density at radius 1 is 1.52 bits per heavy atom. The highest BCUT2D eigenvalue weighted by Gasteiger charge is 2.34. The van der Waals surface area contributed by atoms with Gasteiger partial charge in [-0.2, -0.15) is 0 Å². The third-order valence-electron chi connectivity index (χ3n) is 3.35. The van der Waals surface area contributed by atoms with Crippen molar-refractivity contribution in [1.82, 2.24) is 14.6 Å². The van der Waals surface area contributed by atoms with Crippen LogP contribution in [0.5, 0.6) is 0 Å². The number of amides is 1. The fourth-order valence-corrected chi connectivity index (χ4v) is 3.81. The van der Waals surface area contributed by atoms with Crippen molar-refractivity contribution in [2.75, 3.05) is 33.1 Å². The van der Waals surface area contributed by atoms with Crippen molar-refractivity contribution in [2.24, 2.45) is 5.92 Å². The van der Waals surface area contributed by atoms with E-state index in [-0.39, 0.29) is 23.6 Å². The second kappa shape index (κ2) is 6.39. The topological polar surface area (TPSA) is 88.6 Å². The molecule has 21 heavy (non-hydrogen) atoms. The summed E-state index contributed by atoms with van der Waals surface area (Å²) in [4.78, 5) is 16.2. The van der Waals surface area contributed by atoms with E-state index in [9.17, 15) is 13.2 Å². The van der Waals surface area contributed by atoms with Crippen molar-refractivity contribution in [1.29, 1.82) is 0 Å². The lowest BCUT2D eigenvalue weighted by atomic mass is 10.1. The highest BCUT2D eigenvalue weighted by molar-refractivity contribution is 7.89. The van der Waals surface area contributed by atoms with Crippen LogP contribution in [0.2, 0.25) is 0 Å². The number of hydrogen-bond acceptors (Lipinski definition) is 6. The maximum atomic E-state index is 12.1. The zero-order valence-corrected chi connectivity index (χ0v) is 13.8. The van der Waals surface area contributed by atoms with Gasteiger partial charge in [0, 0.05) is 25.4 Å². The van der Waals surface area contributed by atoms with Gasteiger partial charge in [-0.05, 0) is 6.92 Å². The summed E-state index contributed by atoms with van der Waals surface area (Å²) in [7, 11) is -0.329. The van der Waals surface area contributed by atoms with E-state index < -0.39 is 10.0 Å². The number of carbonyl (C=O) groups is 1. The zero-order valence-electron chi connectivity index (χ0n) is 12.2. The number of rotatable bonds is 5. The Kier molecular flexibility index (Phi) is 4.97. The largest absolute Gasteiger partial charge is 0.379 e. The van der Waals surface area contributed by atoms with Crippen LogP contribution in [0.25, 0.3) is 0 Å². The molecule has 0 unspecified atom stereocenters. The normalized spacial score (nSPS) is 22.7. The monoisotopic (exact) mass is 333 g/mol. The molecule has 1 N–H and O–H groups in total. The summed E-state index contributed by atoms with van der Waals surface area (Å²) < 4.78 is 30.4. The average Bonchev–Trinajstić information content (AvgIpc) is 2.99. The molecule has 118 valence electrons. The summed E-state index contributed by atoms with van der Waals surface area (Å²) in [6.45, 7) is 2.48. The van der Waals surface area contributed by atoms with Crippen LogP contribution in [0.4, 0.5) is 0 Å². The number of nitrogens with one attached hydrogen (secondary N) is 1. The van der Waals surface area contributed by atoms with E-state index >= 15 is 0 Å². The van der Waals surface area contributed by atoms with E-state index in [1.54, 1.807) is 5.38 Å². The Labute approximate surface area is 128 Å². The van der Waals surface area contributed by atoms with E-state index in [4.69, 9.17) is 4.74 Å². The van der Waals surface area contributed by atoms with Gasteiger partial charge >= 0.3 is 0 Å². The standard InChI is InChI=1S/C12H19N3O4S2/c1-8-13-11(6-20-8)12(16)14-10-5-19-4-9(10)7-21(17,18)15(2)3/h6,9-10H,4-5,7H2,1-3H3,(H,14,16)/t9-,10-/m0/s1. The molecule has 0 spiro atoms. The van der Waals surface area contributed by atoms with Crippen LogP contribution in [0.3, 0.4) is 0 Å². The van der Waals surface area contributed by atoms with Gasteiger partial charge in [-0.15, -0.1) is 11.3 Å². The smallest absolute Gasteiger partial charge is 0.271 e. The molecule has 1 aliphatic heterocycles. The Hall–Kier alpha value is -1.03. The van der Waals surface area contributed by atoms with Crippen LogP contribution < -0.4 is 5.32 Å². The molecule has 1 aromatic rings. The molecule has 2 rings (SSSR count). The van der Waals surface area contributed by atoms with Gasteiger partial charge in [0.1, 0.15) is 5.69 Å². The molecule has 1 saturated heterocycles. The number of aromatic nitrogens is 1. The summed E-state index contributed by atoms with van der Waals surface area (Å²) in [6.07, 6.45) is 0. The van der Waals surface area contributed by atoms with Gasteiger partial charge in [-0.25, -0.2) is 17.7 Å². The maximum Gasteiger partial charge on any atom is 0.271 e. The summed E-state index contributed by atoms with van der Waals surface area (Å²) in [6, 6.07) is -0.311. The Balaban J connectivity index is 2.01. The van der Waals surface area contributed by atoms with Crippen molar-refractivity contribution in [3.05, 3.63) is 16.1 Å². The average molecular weight is 333 g/mol. The molecule has 9 heteroatoms. The lowest BCUT2D eigenvalue weighted by Gasteiger charge is -2.20. The number of nitrogens with zero attached hydrogens (tertiary/aromatic N) is 2. The summed E-state index contributed by atoms with van der Waals surface area (Å²) >= 11 is 1.40. The minimum Gasteiger partial charge on any atom is -0.379 e. The molecule has 0 saturated carbocycles. The third kappa shape index (κ3) is 4.00. The van der Waals surface area contributed by atoms with Crippen LogP contribution in [0.15, 0.2) is 5.38 Å². The molecule has 7 nitrogen and oxygen atoms in total. The van der Waals surface area contributed by atoms with Crippen molar-refractivity contribution >= 4 is 27.3 Å². The molecule has 0 aromatic carbocycles. The first-order valence-electron chi connectivity index (χ1n) is 6.50. The van der Waals surface area contributed by atoms with Gasteiger partial charge < -0.3 is 10.1 Å². The summed E-state index contributed by atoms with van der Waals surface area (Å²) in [5, 5.41) is 5.32. The number of ether oxygens (including phenoxy) is 1. The SMILES string of the molecule is Cc1nc(C(=O)N[C@H]2COC[C@H]2CS(=O)(=O)N(C)C)cs1. The summed E-state index contributed by atoms with van der Waals surface area (Å²) in [5.74, 6) is -0.579. The molecule has 2 atom stereocenters. The van der Waals surface area contributed by atoms with Crippen molar-refractivity contribution < 1.29 is 17.9 Å². The quantitative estimate of drug-likeness (QED) is 0.825. The van der Waals surface area contributed by atoms with Crippen LogP contribution >= 0.6 is 11.3 Å². The van der Waals surface area contributed by atoms with Gasteiger partial charge in [0.25, 0.3) is 5.91 Å². The second-order valence-electron chi connectivity index (χ2n) is 5.19. The molecular weight excluding hydrogens is 314 g/mol. The van der Waals surface area contributed by atoms with Crippen LogP contribution in [-0.2, 0) is 14.8 Å². The number of sulfonamides is 1. The van der Waals surface area contributed by atoms with Gasteiger partial charge in [-0.1, -0.05) is 0 Å². The van der Waals surface area contributed by atoms with Gasteiger partial charge in [0.05, 0.1) is 30.0 Å². The number of hydrogen-bond donors (Lipinski definition) is 1. The van der Waals surface area contributed by atoms with Crippen molar-refractivity contribution in [2.45, 2.75) is 13.0 Å². The highest BCUT2D eigenvalue weighted by atomic mass is 32.2. The number of carbonyl (C=O) groups excluding carboxylic acids is 1. The maximum absolute atomic E-state index is 12.1. The second-order valence-corrected chi connectivity index (χ2v) is 8.48. The molecule has 2 heterocycles. The lowest BCUT2D eigenvalue weighted by Crippen LogP contribution is -2.43. The molecule has 0 radical (unpaired) electrons. The number of thiazole rings is 1. The molecule has 0 aliphatic carbocycles. The zero-order chi connectivity index (χ0) is 15.6. The Morgan fingerprint density at radius 3 is 2.81 bits per heavy atom. The fraction of sp³-hybridized carbons (Fsp3) is 0.667. The molecule has 1 amide bonds. The van der Waals surface area contributed by atoms with Crippen LogP contribution in [0.1, 0.15) is 15.5 Å².